The number of rotatable bonds is 8. The van der Waals surface area contributed by atoms with Crippen LogP contribution in [-0.4, -0.2) is 63.0 Å². The largest absolute Gasteiger partial charge is 0.478 e. The van der Waals surface area contributed by atoms with E-state index in [1.165, 1.54) is 6.08 Å². The van der Waals surface area contributed by atoms with Gasteiger partial charge in [0.25, 0.3) is 0 Å². The molecule has 30 heavy (non-hydrogen) atoms. The van der Waals surface area contributed by atoms with E-state index in [-0.39, 0.29) is 29.3 Å². The van der Waals surface area contributed by atoms with Crippen LogP contribution in [0.5, 0.6) is 0 Å². The molecule has 5 atom stereocenters. The number of aliphatic carboxylic acids is 1. The molecule has 1 aliphatic carbocycles. The summed E-state index contributed by atoms with van der Waals surface area (Å²) in [6.45, 7) is 19.4. The van der Waals surface area contributed by atoms with Crippen molar-refractivity contribution < 1.29 is 33.3 Å². The maximum absolute atomic E-state index is 11.6. The van der Waals surface area contributed by atoms with Crippen LogP contribution in [0, 0.1) is 5.92 Å². The van der Waals surface area contributed by atoms with Crippen molar-refractivity contribution in [2.75, 3.05) is 13.2 Å². The van der Waals surface area contributed by atoms with Crippen LogP contribution in [0.25, 0.3) is 0 Å². The van der Waals surface area contributed by atoms with Gasteiger partial charge < -0.3 is 28.5 Å². The van der Waals surface area contributed by atoms with Gasteiger partial charge in [0, 0.05) is 25.2 Å². The summed E-state index contributed by atoms with van der Waals surface area (Å²) in [7, 11) is -2.01. The molecule has 0 aromatic heterocycles. The van der Waals surface area contributed by atoms with Gasteiger partial charge in [0.1, 0.15) is 6.10 Å². The van der Waals surface area contributed by atoms with Crippen LogP contribution in [0.1, 0.15) is 54.9 Å². The van der Waals surface area contributed by atoms with Crippen molar-refractivity contribution in [3.05, 3.63) is 11.6 Å². The molecule has 2 aliphatic rings. The Bertz CT molecular complexity index is 638. The predicted molar refractivity (Wildman–Crippen MR) is 117 cm³/mol. The summed E-state index contributed by atoms with van der Waals surface area (Å²) in [6.07, 6.45) is 0.291. The van der Waals surface area contributed by atoms with Crippen molar-refractivity contribution in [3.63, 3.8) is 0 Å². The Morgan fingerprint density at radius 3 is 2.43 bits per heavy atom. The van der Waals surface area contributed by atoms with Gasteiger partial charge in [-0.3, -0.25) is 0 Å². The third-order valence-corrected chi connectivity index (χ3v) is 10.8. The minimum atomic E-state index is -2.01. The second kappa shape index (κ2) is 9.38. The first-order chi connectivity index (χ1) is 13.7. The number of carboxylic acids is 1. The van der Waals surface area contributed by atoms with E-state index in [0.29, 0.717) is 19.6 Å². The minimum absolute atomic E-state index is 0.0582. The Balaban J connectivity index is 2.32. The molecule has 5 unspecified atom stereocenters. The summed E-state index contributed by atoms with van der Waals surface area (Å²) >= 11 is 0. The van der Waals surface area contributed by atoms with E-state index in [0.717, 1.165) is 5.57 Å². The maximum Gasteiger partial charge on any atom is 0.328 e. The molecule has 8 heteroatoms. The number of hydrogen-bond acceptors (Lipinski definition) is 6. The number of fused-ring (bicyclic) bond motifs is 1. The Hall–Kier alpha value is -0.773. The third kappa shape index (κ3) is 6.14. The molecule has 0 aromatic rings. The molecule has 2 rings (SSSR count). The highest BCUT2D eigenvalue weighted by Crippen LogP contribution is 2.45. The van der Waals surface area contributed by atoms with Gasteiger partial charge in [-0.05, 0) is 52.2 Å². The van der Waals surface area contributed by atoms with Crippen LogP contribution >= 0.6 is 0 Å². The molecule has 1 saturated carbocycles. The van der Waals surface area contributed by atoms with Crippen LogP contribution in [0.2, 0.25) is 18.1 Å². The van der Waals surface area contributed by atoms with E-state index in [1.54, 1.807) is 0 Å². The van der Waals surface area contributed by atoms with Crippen molar-refractivity contribution in [1.82, 2.24) is 0 Å². The maximum atomic E-state index is 11.6. The van der Waals surface area contributed by atoms with Crippen LogP contribution in [0.15, 0.2) is 11.6 Å². The summed E-state index contributed by atoms with van der Waals surface area (Å²) in [6, 6.07) is 0. The Labute approximate surface area is 182 Å². The molecule has 1 saturated heterocycles. The molecule has 174 valence electrons. The molecule has 1 aliphatic heterocycles. The average Bonchev–Trinajstić information content (AvgIpc) is 2.88. The topological polar surface area (TPSA) is 83.5 Å². The predicted octanol–water partition coefficient (Wildman–Crippen LogP) is 4.33. The first-order valence-electron chi connectivity index (χ1n) is 10.9. The highest BCUT2D eigenvalue weighted by Gasteiger charge is 2.54. The summed E-state index contributed by atoms with van der Waals surface area (Å²) < 4.78 is 30.6. The van der Waals surface area contributed by atoms with Crippen molar-refractivity contribution >= 4 is 14.3 Å². The van der Waals surface area contributed by atoms with Crippen LogP contribution in [-0.2, 0) is 28.2 Å². The Morgan fingerprint density at radius 1 is 1.30 bits per heavy atom. The zero-order chi connectivity index (χ0) is 22.9. The van der Waals surface area contributed by atoms with Crippen LogP contribution in [0.4, 0.5) is 0 Å². The molecule has 0 aromatic carbocycles. The van der Waals surface area contributed by atoms with Crippen LogP contribution < -0.4 is 0 Å². The Kier molecular flexibility index (Phi) is 7.97. The van der Waals surface area contributed by atoms with Gasteiger partial charge in [-0.1, -0.05) is 26.3 Å². The van der Waals surface area contributed by atoms with E-state index in [1.807, 2.05) is 27.7 Å². The summed E-state index contributed by atoms with van der Waals surface area (Å²) in [5, 5.41) is 9.55. The average molecular weight is 445 g/mol. The van der Waals surface area contributed by atoms with Gasteiger partial charge in [-0.2, -0.15) is 0 Å². The van der Waals surface area contributed by atoms with Crippen molar-refractivity contribution in [3.8, 4) is 0 Å². The molecular formula is C22H40O7Si. The quantitative estimate of drug-likeness (QED) is 0.339. The van der Waals surface area contributed by atoms with Crippen LogP contribution in [0.3, 0.4) is 0 Å². The molecule has 0 bridgehead atoms. The van der Waals surface area contributed by atoms with Crippen molar-refractivity contribution in [2.24, 2.45) is 5.92 Å². The fourth-order valence-electron chi connectivity index (χ4n) is 3.81. The number of carboxylic acid groups (broad SMARTS) is 1. The van der Waals surface area contributed by atoms with E-state index < -0.39 is 26.4 Å². The molecule has 1 heterocycles. The normalized spacial score (nSPS) is 31.6. The highest BCUT2D eigenvalue weighted by molar-refractivity contribution is 6.74. The molecule has 0 radical (unpaired) electrons. The molecule has 1 N–H and O–H groups in total. The fourth-order valence-corrected chi connectivity index (χ4v) is 4.84. The van der Waals surface area contributed by atoms with Gasteiger partial charge in [-0.15, -0.1) is 0 Å². The number of ether oxygens (including phenoxy) is 4. The molecule has 0 spiro atoms. The highest BCUT2D eigenvalue weighted by atomic mass is 28.4. The van der Waals surface area contributed by atoms with Gasteiger partial charge in [0.15, 0.2) is 20.4 Å². The first-order valence-corrected chi connectivity index (χ1v) is 13.8. The van der Waals surface area contributed by atoms with Gasteiger partial charge in [0.05, 0.1) is 12.2 Å². The molecule has 7 nitrogen and oxygen atoms in total. The molecule has 0 amide bonds. The second-order valence-electron chi connectivity index (χ2n) is 10.2. The van der Waals surface area contributed by atoms with E-state index in [9.17, 15) is 9.90 Å². The lowest BCUT2D eigenvalue weighted by atomic mass is 9.78. The smallest absolute Gasteiger partial charge is 0.328 e. The summed E-state index contributed by atoms with van der Waals surface area (Å²) in [5.74, 6) is -1.96. The van der Waals surface area contributed by atoms with E-state index >= 15 is 0 Å². The third-order valence-electron chi connectivity index (χ3n) is 6.35. The van der Waals surface area contributed by atoms with Gasteiger partial charge in [0.2, 0.25) is 0 Å². The first kappa shape index (κ1) is 25.5. The number of carbonyl (C=O) groups is 1. The number of hydrogen-bond donors (Lipinski definition) is 1. The lowest BCUT2D eigenvalue weighted by Crippen LogP contribution is -2.51. The SMILES string of the molecule is CCOC(C)OC1CC(=CC(=O)O)C(CO[Si](C)(C)C(C)(C)C)C2OC(C)(C)OC12. The van der Waals surface area contributed by atoms with Gasteiger partial charge in [-0.25, -0.2) is 4.79 Å². The summed E-state index contributed by atoms with van der Waals surface area (Å²) in [4.78, 5) is 11.6. The minimum Gasteiger partial charge on any atom is -0.478 e. The second-order valence-corrected chi connectivity index (χ2v) is 15.0. The van der Waals surface area contributed by atoms with Gasteiger partial charge >= 0.3 is 5.97 Å². The van der Waals surface area contributed by atoms with E-state index in [4.69, 9.17) is 23.4 Å². The van der Waals surface area contributed by atoms with E-state index in [2.05, 4.69) is 33.9 Å². The van der Waals surface area contributed by atoms with Crippen molar-refractivity contribution in [2.45, 2.75) is 103 Å². The zero-order valence-electron chi connectivity index (χ0n) is 20.0. The lowest BCUT2D eigenvalue weighted by molar-refractivity contribution is -0.201. The standard InChI is InChI=1S/C22H40O7Si/c1-10-25-14(2)27-17-11-15(12-18(23)24)16(13-26-30(8,9)21(3,4)5)19-20(17)29-22(6,7)28-19/h12,14,16-17,19-20H,10-11,13H2,1-9H3,(H,23,24). The monoisotopic (exact) mass is 444 g/mol. The molecule has 2 fully saturated rings. The fraction of sp³-hybridized carbons (Fsp3) is 0.864. The van der Waals surface area contributed by atoms with Crippen molar-refractivity contribution in [1.29, 1.82) is 0 Å². The lowest BCUT2D eigenvalue weighted by Gasteiger charge is -2.42. The zero-order valence-corrected chi connectivity index (χ0v) is 21.0. The summed E-state index contributed by atoms with van der Waals surface area (Å²) in [5.41, 5.74) is 0.762. The Morgan fingerprint density at radius 2 is 1.90 bits per heavy atom. The molecular weight excluding hydrogens is 404 g/mol.